The fourth-order valence-electron chi connectivity index (χ4n) is 1.94. The molecule has 0 N–H and O–H groups in total. The molecule has 0 spiro atoms. The van der Waals surface area contributed by atoms with Crippen LogP contribution in [0.1, 0.15) is 32.3 Å². The molecule has 1 aliphatic heterocycles. The average Bonchev–Trinajstić information content (AvgIpc) is 2.59. The van der Waals surface area contributed by atoms with E-state index in [0.29, 0.717) is 18.2 Å². The molecule has 2 heterocycles. The molecule has 0 saturated carbocycles. The van der Waals surface area contributed by atoms with Gasteiger partial charge in [-0.3, -0.25) is 4.79 Å². The molecule has 0 aliphatic carbocycles. The smallest absolute Gasteiger partial charge is 0.156 e. The van der Waals surface area contributed by atoms with Crippen LogP contribution in [-0.4, -0.2) is 23.9 Å². The summed E-state index contributed by atoms with van der Waals surface area (Å²) in [6, 6.07) is 4.11. The number of nitrogens with zero attached hydrogens (tertiary/aromatic N) is 2. The van der Waals surface area contributed by atoms with E-state index in [1.165, 1.54) is 5.56 Å². The Kier molecular flexibility index (Phi) is 2.95. The van der Waals surface area contributed by atoms with Gasteiger partial charge >= 0.3 is 0 Å². The number of hydrogen-bond donors (Lipinski definition) is 0. The minimum absolute atomic E-state index is 0.145. The van der Waals surface area contributed by atoms with Crippen molar-refractivity contribution in [2.24, 2.45) is 5.92 Å². The number of carbonyl (C=O) groups excluding carboxylic acids is 1. The molecule has 16 heavy (non-hydrogen) atoms. The lowest BCUT2D eigenvalue weighted by Gasteiger charge is -2.16. The van der Waals surface area contributed by atoms with Gasteiger partial charge in [-0.15, -0.1) is 0 Å². The van der Waals surface area contributed by atoms with Crippen LogP contribution in [0.2, 0.25) is 0 Å². The molecule has 0 radical (unpaired) electrons. The van der Waals surface area contributed by atoms with Crippen molar-refractivity contribution in [2.75, 3.05) is 18.0 Å². The molecule has 2 rings (SSSR count). The van der Waals surface area contributed by atoms with Gasteiger partial charge in [-0.25, -0.2) is 4.98 Å². The van der Waals surface area contributed by atoms with Crippen molar-refractivity contribution in [1.29, 1.82) is 0 Å². The highest BCUT2D eigenvalue weighted by Crippen LogP contribution is 2.21. The SMILES string of the molecule is CC1CN(c2ccc(C(C)C)cn2)CC1=O. The summed E-state index contributed by atoms with van der Waals surface area (Å²) in [6.07, 6.45) is 1.91. The summed E-state index contributed by atoms with van der Waals surface area (Å²) in [4.78, 5) is 17.9. The standard InChI is InChI=1S/C13H18N2O/c1-9(2)11-4-5-13(14-6-11)15-7-10(3)12(16)8-15/h4-6,9-10H,7-8H2,1-3H3. The zero-order valence-corrected chi connectivity index (χ0v) is 10.1. The van der Waals surface area contributed by atoms with E-state index in [0.717, 1.165) is 12.4 Å². The number of hydrogen-bond acceptors (Lipinski definition) is 3. The number of rotatable bonds is 2. The van der Waals surface area contributed by atoms with E-state index in [4.69, 9.17) is 0 Å². The summed E-state index contributed by atoms with van der Waals surface area (Å²) in [7, 11) is 0. The van der Waals surface area contributed by atoms with Gasteiger partial charge in [-0.05, 0) is 17.5 Å². The van der Waals surface area contributed by atoms with Crippen molar-refractivity contribution in [1.82, 2.24) is 4.98 Å². The number of carbonyl (C=O) groups is 1. The van der Waals surface area contributed by atoms with Crippen molar-refractivity contribution in [2.45, 2.75) is 26.7 Å². The summed E-state index contributed by atoms with van der Waals surface area (Å²) >= 11 is 0. The van der Waals surface area contributed by atoms with Crippen LogP contribution in [-0.2, 0) is 4.79 Å². The van der Waals surface area contributed by atoms with E-state index in [9.17, 15) is 4.79 Å². The quantitative estimate of drug-likeness (QED) is 0.763. The first-order valence-corrected chi connectivity index (χ1v) is 5.81. The lowest BCUT2D eigenvalue weighted by atomic mass is 10.1. The van der Waals surface area contributed by atoms with Crippen LogP contribution in [0.4, 0.5) is 5.82 Å². The molecule has 3 heteroatoms. The zero-order valence-electron chi connectivity index (χ0n) is 10.1. The largest absolute Gasteiger partial charge is 0.349 e. The van der Waals surface area contributed by atoms with Crippen molar-refractivity contribution < 1.29 is 4.79 Å². The first-order valence-electron chi connectivity index (χ1n) is 5.81. The van der Waals surface area contributed by atoms with E-state index >= 15 is 0 Å². The van der Waals surface area contributed by atoms with Gasteiger partial charge in [0, 0.05) is 18.7 Å². The van der Waals surface area contributed by atoms with Crippen molar-refractivity contribution >= 4 is 11.6 Å². The van der Waals surface area contributed by atoms with Gasteiger partial charge in [0.1, 0.15) is 5.82 Å². The Morgan fingerprint density at radius 2 is 2.19 bits per heavy atom. The second-order valence-corrected chi connectivity index (χ2v) is 4.85. The molecule has 86 valence electrons. The monoisotopic (exact) mass is 218 g/mol. The molecule has 1 unspecified atom stereocenters. The Labute approximate surface area is 96.5 Å². The number of pyridine rings is 1. The van der Waals surface area contributed by atoms with E-state index < -0.39 is 0 Å². The Morgan fingerprint density at radius 1 is 1.44 bits per heavy atom. The maximum Gasteiger partial charge on any atom is 0.156 e. The zero-order chi connectivity index (χ0) is 11.7. The molecule has 0 aromatic carbocycles. The molecule has 1 fully saturated rings. The van der Waals surface area contributed by atoms with Crippen molar-refractivity contribution in [3.63, 3.8) is 0 Å². The summed E-state index contributed by atoms with van der Waals surface area (Å²) < 4.78 is 0. The summed E-state index contributed by atoms with van der Waals surface area (Å²) in [5.41, 5.74) is 1.24. The third-order valence-corrected chi connectivity index (χ3v) is 3.15. The maximum absolute atomic E-state index is 11.5. The van der Waals surface area contributed by atoms with Gasteiger partial charge in [0.25, 0.3) is 0 Å². The minimum atomic E-state index is 0.145. The summed E-state index contributed by atoms with van der Waals surface area (Å²) in [5.74, 6) is 1.88. The van der Waals surface area contributed by atoms with Crippen molar-refractivity contribution in [3.8, 4) is 0 Å². The Bertz CT molecular complexity index is 383. The molecule has 1 aromatic rings. The fourth-order valence-corrected chi connectivity index (χ4v) is 1.94. The highest BCUT2D eigenvalue weighted by Gasteiger charge is 2.27. The van der Waals surface area contributed by atoms with E-state index in [2.05, 4.69) is 29.8 Å². The molecular weight excluding hydrogens is 200 g/mol. The highest BCUT2D eigenvalue weighted by atomic mass is 16.1. The normalized spacial score (nSPS) is 20.9. The van der Waals surface area contributed by atoms with Crippen LogP contribution in [0.15, 0.2) is 18.3 Å². The Hall–Kier alpha value is -1.38. The average molecular weight is 218 g/mol. The number of Topliss-reactive ketones (excluding diaryl/α,β-unsaturated/α-hetero) is 1. The van der Waals surface area contributed by atoms with Crippen LogP contribution in [0.5, 0.6) is 0 Å². The number of aromatic nitrogens is 1. The van der Waals surface area contributed by atoms with Crippen LogP contribution in [0.25, 0.3) is 0 Å². The molecule has 1 aromatic heterocycles. The van der Waals surface area contributed by atoms with Gasteiger partial charge in [-0.2, -0.15) is 0 Å². The molecular formula is C13H18N2O. The second kappa shape index (κ2) is 4.24. The third kappa shape index (κ3) is 2.08. The molecule has 0 bridgehead atoms. The third-order valence-electron chi connectivity index (χ3n) is 3.15. The van der Waals surface area contributed by atoms with Crippen molar-refractivity contribution in [3.05, 3.63) is 23.9 Å². The van der Waals surface area contributed by atoms with Gasteiger partial charge < -0.3 is 4.90 Å². The van der Waals surface area contributed by atoms with Crippen LogP contribution >= 0.6 is 0 Å². The topological polar surface area (TPSA) is 33.2 Å². The fraction of sp³-hybridized carbons (Fsp3) is 0.538. The lowest BCUT2D eigenvalue weighted by molar-refractivity contribution is -0.118. The van der Waals surface area contributed by atoms with Gasteiger partial charge in [0.05, 0.1) is 6.54 Å². The second-order valence-electron chi connectivity index (χ2n) is 4.85. The van der Waals surface area contributed by atoms with E-state index in [-0.39, 0.29) is 5.92 Å². The minimum Gasteiger partial charge on any atom is -0.349 e. The Balaban J connectivity index is 2.14. The predicted molar refractivity (Wildman–Crippen MR) is 64.7 cm³/mol. The van der Waals surface area contributed by atoms with Crippen LogP contribution in [0.3, 0.4) is 0 Å². The first kappa shape index (κ1) is 11.1. The number of ketones is 1. The molecule has 1 saturated heterocycles. The van der Waals surface area contributed by atoms with Gasteiger partial charge in [0.15, 0.2) is 5.78 Å². The summed E-state index contributed by atoms with van der Waals surface area (Å²) in [6.45, 7) is 7.59. The number of anilines is 1. The molecule has 3 nitrogen and oxygen atoms in total. The van der Waals surface area contributed by atoms with E-state index in [1.54, 1.807) is 0 Å². The van der Waals surface area contributed by atoms with Crippen LogP contribution < -0.4 is 4.90 Å². The first-order chi connectivity index (χ1) is 7.58. The van der Waals surface area contributed by atoms with Gasteiger partial charge in [-0.1, -0.05) is 26.8 Å². The summed E-state index contributed by atoms with van der Waals surface area (Å²) in [5, 5.41) is 0. The molecule has 1 atom stereocenters. The van der Waals surface area contributed by atoms with Gasteiger partial charge in [0.2, 0.25) is 0 Å². The van der Waals surface area contributed by atoms with Crippen LogP contribution in [0, 0.1) is 5.92 Å². The Morgan fingerprint density at radius 3 is 2.62 bits per heavy atom. The maximum atomic E-state index is 11.5. The molecule has 1 aliphatic rings. The van der Waals surface area contributed by atoms with E-state index in [1.807, 2.05) is 19.2 Å². The highest BCUT2D eigenvalue weighted by molar-refractivity contribution is 5.88. The molecule has 0 amide bonds. The lowest BCUT2D eigenvalue weighted by Crippen LogP contribution is -2.20. The predicted octanol–water partition coefficient (Wildman–Crippen LogP) is 2.23.